The summed E-state index contributed by atoms with van der Waals surface area (Å²) in [6.07, 6.45) is 1.44. The van der Waals surface area contributed by atoms with Crippen molar-refractivity contribution in [2.24, 2.45) is 5.73 Å². The number of carbonyl (C=O) groups excluding carboxylic acids is 1. The van der Waals surface area contributed by atoms with E-state index in [9.17, 15) is 9.59 Å². The van der Waals surface area contributed by atoms with E-state index in [4.69, 9.17) is 22.4 Å². The summed E-state index contributed by atoms with van der Waals surface area (Å²) in [4.78, 5) is 25.9. The second kappa shape index (κ2) is 5.58. The van der Waals surface area contributed by atoms with Gasteiger partial charge < -0.3 is 16.2 Å². The highest BCUT2D eigenvalue weighted by Crippen LogP contribution is 2.23. The lowest BCUT2D eigenvalue weighted by Crippen LogP contribution is -2.11. The van der Waals surface area contributed by atoms with Gasteiger partial charge in [0.1, 0.15) is 5.82 Å². The quantitative estimate of drug-likeness (QED) is 0.801. The number of halogens is 1. The number of anilines is 2. The van der Waals surface area contributed by atoms with Crippen LogP contribution in [-0.4, -0.2) is 22.0 Å². The Hall–Kier alpha value is -2.60. The first-order valence-corrected chi connectivity index (χ1v) is 5.91. The van der Waals surface area contributed by atoms with Gasteiger partial charge in [0.2, 0.25) is 5.91 Å². The Morgan fingerprint density at radius 3 is 2.60 bits per heavy atom. The number of nitrogens with one attached hydrogen (secondary N) is 1. The van der Waals surface area contributed by atoms with Crippen LogP contribution >= 0.6 is 11.6 Å². The molecule has 6 nitrogen and oxygen atoms in total. The Morgan fingerprint density at radius 2 is 2.00 bits per heavy atom. The average molecular weight is 292 g/mol. The van der Waals surface area contributed by atoms with Gasteiger partial charge in [0, 0.05) is 17.4 Å². The summed E-state index contributed by atoms with van der Waals surface area (Å²) in [6.45, 7) is 0. The van der Waals surface area contributed by atoms with Gasteiger partial charge in [-0.2, -0.15) is 0 Å². The van der Waals surface area contributed by atoms with Crippen molar-refractivity contribution < 1.29 is 14.7 Å². The minimum Gasteiger partial charge on any atom is -0.478 e. The number of aromatic carboxylic acids is 1. The SMILES string of the molecule is NC(=O)c1ccnc(Nc2ccc(C(=O)O)c(Cl)c2)c1. The first-order valence-electron chi connectivity index (χ1n) is 5.53. The molecule has 1 heterocycles. The van der Waals surface area contributed by atoms with Crippen LogP contribution in [0.15, 0.2) is 36.5 Å². The summed E-state index contributed by atoms with van der Waals surface area (Å²) in [6, 6.07) is 7.37. The summed E-state index contributed by atoms with van der Waals surface area (Å²) in [5, 5.41) is 11.9. The lowest BCUT2D eigenvalue weighted by molar-refractivity contribution is 0.0697. The zero-order valence-corrected chi connectivity index (χ0v) is 10.9. The fraction of sp³-hybridized carbons (Fsp3) is 0. The number of carboxylic acid groups (broad SMARTS) is 1. The molecule has 0 aliphatic rings. The summed E-state index contributed by atoms with van der Waals surface area (Å²) >= 11 is 5.86. The van der Waals surface area contributed by atoms with Crippen molar-refractivity contribution in [3.63, 3.8) is 0 Å². The summed E-state index contributed by atoms with van der Waals surface area (Å²) < 4.78 is 0. The number of rotatable bonds is 4. The maximum absolute atomic E-state index is 11.1. The molecular formula is C13H10ClN3O3. The number of nitrogens with zero attached hydrogens (tertiary/aromatic N) is 1. The molecule has 1 aromatic heterocycles. The van der Waals surface area contributed by atoms with Gasteiger partial charge in [-0.05, 0) is 30.3 Å². The van der Waals surface area contributed by atoms with Crippen molar-refractivity contribution in [1.29, 1.82) is 0 Å². The largest absolute Gasteiger partial charge is 0.478 e. The van der Waals surface area contributed by atoms with Crippen LogP contribution in [0.3, 0.4) is 0 Å². The Kier molecular flexibility index (Phi) is 3.86. The number of carboxylic acids is 1. The summed E-state index contributed by atoms with van der Waals surface area (Å²) in [7, 11) is 0. The maximum atomic E-state index is 11.1. The monoisotopic (exact) mass is 291 g/mol. The maximum Gasteiger partial charge on any atom is 0.337 e. The number of nitrogens with two attached hydrogens (primary N) is 1. The molecule has 0 unspecified atom stereocenters. The molecule has 1 amide bonds. The number of benzene rings is 1. The highest BCUT2D eigenvalue weighted by Gasteiger charge is 2.09. The molecule has 0 fully saturated rings. The molecule has 1 aromatic carbocycles. The lowest BCUT2D eigenvalue weighted by atomic mass is 10.2. The zero-order chi connectivity index (χ0) is 14.7. The fourth-order valence-electron chi connectivity index (χ4n) is 1.57. The third-order valence-corrected chi connectivity index (χ3v) is 2.83. The van der Waals surface area contributed by atoms with E-state index in [2.05, 4.69) is 10.3 Å². The molecule has 2 aromatic rings. The fourth-order valence-corrected chi connectivity index (χ4v) is 1.83. The number of aromatic nitrogens is 1. The molecule has 0 atom stereocenters. The van der Waals surface area contributed by atoms with Crippen LogP contribution in [0.5, 0.6) is 0 Å². The number of primary amides is 1. The molecular weight excluding hydrogens is 282 g/mol. The summed E-state index contributed by atoms with van der Waals surface area (Å²) in [5.74, 6) is -1.26. The van der Waals surface area contributed by atoms with Crippen LogP contribution in [0.2, 0.25) is 5.02 Å². The van der Waals surface area contributed by atoms with Crippen LogP contribution in [0.25, 0.3) is 0 Å². The van der Waals surface area contributed by atoms with Gasteiger partial charge in [0.15, 0.2) is 0 Å². The van der Waals surface area contributed by atoms with Crippen LogP contribution in [0.4, 0.5) is 11.5 Å². The number of carbonyl (C=O) groups is 2. The number of hydrogen-bond acceptors (Lipinski definition) is 4. The molecule has 0 spiro atoms. The predicted octanol–water partition coefficient (Wildman–Crippen LogP) is 2.28. The van der Waals surface area contributed by atoms with E-state index in [0.29, 0.717) is 17.1 Å². The molecule has 0 aliphatic carbocycles. The minimum absolute atomic E-state index is 0.0102. The predicted molar refractivity (Wildman–Crippen MR) is 74.4 cm³/mol. The second-order valence-electron chi connectivity index (χ2n) is 3.92. The van der Waals surface area contributed by atoms with Gasteiger partial charge in [-0.15, -0.1) is 0 Å². The van der Waals surface area contributed by atoms with E-state index < -0.39 is 11.9 Å². The van der Waals surface area contributed by atoms with Gasteiger partial charge in [-0.25, -0.2) is 9.78 Å². The van der Waals surface area contributed by atoms with Gasteiger partial charge in [-0.1, -0.05) is 11.6 Å². The number of amides is 1. The molecule has 0 saturated heterocycles. The van der Waals surface area contributed by atoms with Crippen molar-refractivity contribution in [1.82, 2.24) is 4.98 Å². The van der Waals surface area contributed by atoms with E-state index in [0.717, 1.165) is 0 Å². The third kappa shape index (κ3) is 3.04. The van der Waals surface area contributed by atoms with Gasteiger partial charge in [0.25, 0.3) is 0 Å². The standard InChI is InChI=1S/C13H10ClN3O3/c14-10-6-8(1-2-9(10)13(19)20)17-11-5-7(12(15)18)3-4-16-11/h1-6H,(H2,15,18)(H,16,17)(H,19,20). The first-order chi connectivity index (χ1) is 9.47. The molecule has 20 heavy (non-hydrogen) atoms. The van der Waals surface area contributed by atoms with E-state index in [1.807, 2.05) is 0 Å². The highest BCUT2D eigenvalue weighted by molar-refractivity contribution is 6.33. The molecule has 0 bridgehead atoms. The second-order valence-corrected chi connectivity index (χ2v) is 4.33. The Balaban J connectivity index is 2.26. The van der Waals surface area contributed by atoms with Crippen molar-refractivity contribution in [2.45, 2.75) is 0 Å². The van der Waals surface area contributed by atoms with Gasteiger partial charge in [0.05, 0.1) is 10.6 Å². The Bertz CT molecular complexity index is 688. The van der Waals surface area contributed by atoms with Crippen LogP contribution < -0.4 is 11.1 Å². The average Bonchev–Trinajstić information content (AvgIpc) is 2.38. The van der Waals surface area contributed by atoms with Crippen molar-refractivity contribution in [3.8, 4) is 0 Å². The summed E-state index contributed by atoms with van der Waals surface area (Å²) in [5.41, 5.74) is 6.05. The van der Waals surface area contributed by atoms with Crippen LogP contribution in [0.1, 0.15) is 20.7 Å². The molecule has 0 saturated carbocycles. The molecule has 2 rings (SSSR count). The van der Waals surface area contributed by atoms with E-state index in [1.165, 1.54) is 30.5 Å². The number of hydrogen-bond donors (Lipinski definition) is 3. The lowest BCUT2D eigenvalue weighted by Gasteiger charge is -2.08. The molecule has 0 radical (unpaired) electrons. The van der Waals surface area contributed by atoms with Crippen molar-refractivity contribution in [2.75, 3.05) is 5.32 Å². The molecule has 4 N–H and O–H groups in total. The van der Waals surface area contributed by atoms with Gasteiger partial charge >= 0.3 is 5.97 Å². The smallest absolute Gasteiger partial charge is 0.337 e. The Labute approximate surface area is 119 Å². The molecule has 102 valence electrons. The molecule has 0 aliphatic heterocycles. The minimum atomic E-state index is -1.10. The van der Waals surface area contributed by atoms with Crippen molar-refractivity contribution in [3.05, 3.63) is 52.7 Å². The highest BCUT2D eigenvalue weighted by atomic mass is 35.5. The molecule has 7 heteroatoms. The number of pyridine rings is 1. The van der Waals surface area contributed by atoms with E-state index in [1.54, 1.807) is 6.07 Å². The topological polar surface area (TPSA) is 105 Å². The Morgan fingerprint density at radius 1 is 1.25 bits per heavy atom. The van der Waals surface area contributed by atoms with E-state index >= 15 is 0 Å². The normalized spacial score (nSPS) is 10.1. The van der Waals surface area contributed by atoms with Crippen LogP contribution in [0, 0.1) is 0 Å². The first kappa shape index (κ1) is 13.8. The van der Waals surface area contributed by atoms with Crippen LogP contribution in [-0.2, 0) is 0 Å². The third-order valence-electron chi connectivity index (χ3n) is 2.52. The van der Waals surface area contributed by atoms with Gasteiger partial charge in [-0.3, -0.25) is 4.79 Å². The zero-order valence-electron chi connectivity index (χ0n) is 10.1. The van der Waals surface area contributed by atoms with E-state index in [-0.39, 0.29) is 10.6 Å². The van der Waals surface area contributed by atoms with Crippen molar-refractivity contribution >= 4 is 35.0 Å².